The maximum absolute atomic E-state index is 12.1. The summed E-state index contributed by atoms with van der Waals surface area (Å²) in [6, 6.07) is 3.23. The lowest BCUT2D eigenvalue weighted by Gasteiger charge is -2.18. The molecule has 1 unspecified atom stereocenters. The Morgan fingerprint density at radius 1 is 1.24 bits per heavy atom. The van der Waals surface area contributed by atoms with Crippen LogP contribution in [0, 0.1) is 12.8 Å². The molecule has 1 amide bonds. The van der Waals surface area contributed by atoms with Crippen LogP contribution in [0.15, 0.2) is 23.1 Å². The van der Waals surface area contributed by atoms with Crippen LogP contribution in [0.4, 0.5) is 0 Å². The number of amides is 1. The standard InChI is InChI=1S/C14H19NO5S/c1-8(2)12(14(17)18)15-13(16)10-6-5-9(3)11(7-10)21(4,19)20/h5-8,12H,1-4H3,(H,15,16)(H,17,18). The highest BCUT2D eigenvalue weighted by Gasteiger charge is 2.24. The maximum atomic E-state index is 12.1. The molecule has 1 atom stereocenters. The third-order valence-corrected chi connectivity index (χ3v) is 4.31. The largest absolute Gasteiger partial charge is 0.480 e. The molecule has 0 saturated heterocycles. The summed E-state index contributed by atoms with van der Waals surface area (Å²) in [5.74, 6) is -2.03. The molecular formula is C14H19NO5S. The Morgan fingerprint density at radius 3 is 2.24 bits per heavy atom. The maximum Gasteiger partial charge on any atom is 0.326 e. The first kappa shape index (κ1) is 17.2. The number of carboxylic acids is 1. The predicted molar refractivity (Wildman–Crippen MR) is 78.0 cm³/mol. The van der Waals surface area contributed by atoms with E-state index in [-0.39, 0.29) is 16.4 Å². The molecule has 0 aliphatic carbocycles. The first-order valence-corrected chi connectivity index (χ1v) is 8.27. The highest BCUT2D eigenvalue weighted by atomic mass is 32.2. The van der Waals surface area contributed by atoms with Gasteiger partial charge in [0.25, 0.3) is 5.91 Å². The molecule has 7 heteroatoms. The second-order valence-electron chi connectivity index (χ2n) is 5.29. The molecule has 1 rings (SSSR count). The molecule has 21 heavy (non-hydrogen) atoms. The van der Waals surface area contributed by atoms with E-state index in [0.717, 1.165) is 6.26 Å². The summed E-state index contributed by atoms with van der Waals surface area (Å²) in [4.78, 5) is 23.2. The van der Waals surface area contributed by atoms with Gasteiger partial charge in [0.2, 0.25) is 0 Å². The smallest absolute Gasteiger partial charge is 0.326 e. The van der Waals surface area contributed by atoms with E-state index in [9.17, 15) is 18.0 Å². The lowest BCUT2D eigenvalue weighted by Crippen LogP contribution is -2.44. The van der Waals surface area contributed by atoms with Gasteiger partial charge in [0.15, 0.2) is 9.84 Å². The average molecular weight is 313 g/mol. The summed E-state index contributed by atoms with van der Waals surface area (Å²) in [5.41, 5.74) is 0.653. The summed E-state index contributed by atoms with van der Waals surface area (Å²) >= 11 is 0. The molecule has 0 saturated carbocycles. The monoisotopic (exact) mass is 313 g/mol. The highest BCUT2D eigenvalue weighted by molar-refractivity contribution is 7.90. The molecule has 0 heterocycles. The number of aliphatic carboxylic acids is 1. The zero-order chi connectivity index (χ0) is 16.4. The summed E-state index contributed by atoms with van der Waals surface area (Å²) in [6.45, 7) is 4.98. The van der Waals surface area contributed by atoms with Crippen LogP contribution >= 0.6 is 0 Å². The third kappa shape index (κ3) is 4.29. The van der Waals surface area contributed by atoms with E-state index in [4.69, 9.17) is 5.11 Å². The summed E-state index contributed by atoms with van der Waals surface area (Å²) in [5, 5.41) is 11.5. The van der Waals surface area contributed by atoms with Gasteiger partial charge < -0.3 is 10.4 Å². The van der Waals surface area contributed by atoms with Crippen molar-refractivity contribution in [2.75, 3.05) is 6.26 Å². The number of nitrogens with one attached hydrogen (secondary N) is 1. The molecule has 116 valence electrons. The number of carbonyl (C=O) groups excluding carboxylic acids is 1. The van der Waals surface area contributed by atoms with E-state index in [1.807, 2.05) is 0 Å². The molecule has 2 N–H and O–H groups in total. The van der Waals surface area contributed by atoms with Crippen LogP contribution in [0.5, 0.6) is 0 Å². The Labute approximate surface area is 124 Å². The molecule has 0 aliphatic heterocycles. The fraction of sp³-hybridized carbons (Fsp3) is 0.429. The molecule has 0 bridgehead atoms. The van der Waals surface area contributed by atoms with Crippen molar-refractivity contribution in [2.45, 2.75) is 31.7 Å². The number of carboxylic acid groups (broad SMARTS) is 1. The first-order chi connectivity index (χ1) is 9.54. The van der Waals surface area contributed by atoms with E-state index in [1.54, 1.807) is 20.8 Å². The number of carbonyl (C=O) groups is 2. The fourth-order valence-corrected chi connectivity index (χ4v) is 2.87. The van der Waals surface area contributed by atoms with Crippen LogP contribution in [0.25, 0.3) is 0 Å². The minimum atomic E-state index is -3.45. The van der Waals surface area contributed by atoms with Crippen LogP contribution in [0.2, 0.25) is 0 Å². The van der Waals surface area contributed by atoms with Gasteiger partial charge in [0, 0.05) is 11.8 Å². The summed E-state index contributed by atoms with van der Waals surface area (Å²) in [7, 11) is -3.45. The Balaban J connectivity index is 3.12. The van der Waals surface area contributed by atoms with E-state index in [1.165, 1.54) is 18.2 Å². The Morgan fingerprint density at radius 2 is 1.81 bits per heavy atom. The number of benzene rings is 1. The van der Waals surface area contributed by atoms with Gasteiger partial charge in [0.05, 0.1) is 4.90 Å². The Bertz CT molecular complexity index is 664. The zero-order valence-electron chi connectivity index (χ0n) is 12.4. The Kier molecular flexibility index (Phi) is 5.11. The van der Waals surface area contributed by atoms with Gasteiger partial charge in [-0.3, -0.25) is 4.79 Å². The van der Waals surface area contributed by atoms with Gasteiger partial charge >= 0.3 is 5.97 Å². The Hall–Kier alpha value is -1.89. The summed E-state index contributed by atoms with van der Waals surface area (Å²) in [6.07, 6.45) is 1.06. The third-order valence-electron chi connectivity index (χ3n) is 3.07. The van der Waals surface area contributed by atoms with Crippen molar-refractivity contribution in [1.29, 1.82) is 0 Å². The van der Waals surface area contributed by atoms with Crippen molar-refractivity contribution >= 4 is 21.7 Å². The van der Waals surface area contributed by atoms with E-state index in [0.29, 0.717) is 5.56 Å². The van der Waals surface area contributed by atoms with Gasteiger partial charge in [0.1, 0.15) is 6.04 Å². The van der Waals surface area contributed by atoms with E-state index in [2.05, 4.69) is 5.32 Å². The van der Waals surface area contributed by atoms with Crippen molar-refractivity contribution in [2.24, 2.45) is 5.92 Å². The van der Waals surface area contributed by atoms with Crippen LogP contribution in [0.1, 0.15) is 29.8 Å². The number of aryl methyl sites for hydroxylation is 1. The van der Waals surface area contributed by atoms with E-state index >= 15 is 0 Å². The zero-order valence-corrected chi connectivity index (χ0v) is 13.2. The molecule has 0 spiro atoms. The lowest BCUT2D eigenvalue weighted by atomic mass is 10.0. The summed E-state index contributed by atoms with van der Waals surface area (Å²) < 4.78 is 23.3. The molecular weight excluding hydrogens is 294 g/mol. The van der Waals surface area contributed by atoms with Gasteiger partial charge in [-0.05, 0) is 30.5 Å². The van der Waals surface area contributed by atoms with Crippen LogP contribution in [-0.2, 0) is 14.6 Å². The van der Waals surface area contributed by atoms with Crippen LogP contribution < -0.4 is 5.32 Å². The number of rotatable bonds is 5. The molecule has 0 fully saturated rings. The normalized spacial score (nSPS) is 13.0. The first-order valence-electron chi connectivity index (χ1n) is 6.38. The topological polar surface area (TPSA) is 101 Å². The van der Waals surface area contributed by atoms with Gasteiger partial charge in [-0.15, -0.1) is 0 Å². The molecule has 0 radical (unpaired) electrons. The second-order valence-corrected chi connectivity index (χ2v) is 7.27. The van der Waals surface area contributed by atoms with Crippen molar-refractivity contribution < 1.29 is 23.1 Å². The fourth-order valence-electron chi connectivity index (χ4n) is 1.88. The molecule has 6 nitrogen and oxygen atoms in total. The van der Waals surface area contributed by atoms with Crippen LogP contribution in [-0.4, -0.2) is 37.7 Å². The van der Waals surface area contributed by atoms with Crippen LogP contribution in [0.3, 0.4) is 0 Å². The van der Waals surface area contributed by atoms with Crippen molar-refractivity contribution in [3.05, 3.63) is 29.3 Å². The van der Waals surface area contributed by atoms with Crippen molar-refractivity contribution in [3.8, 4) is 0 Å². The SMILES string of the molecule is Cc1ccc(C(=O)NC(C(=O)O)C(C)C)cc1S(C)(=O)=O. The van der Waals surface area contributed by atoms with Gasteiger partial charge in [-0.2, -0.15) is 0 Å². The quantitative estimate of drug-likeness (QED) is 0.851. The lowest BCUT2D eigenvalue weighted by molar-refractivity contribution is -0.140. The molecule has 1 aromatic rings. The average Bonchev–Trinajstić information content (AvgIpc) is 2.33. The minimum absolute atomic E-state index is 0.0616. The predicted octanol–water partition coefficient (Wildman–Crippen LogP) is 1.24. The molecule has 0 aliphatic rings. The molecule has 1 aromatic carbocycles. The highest BCUT2D eigenvalue weighted by Crippen LogP contribution is 2.17. The van der Waals surface area contributed by atoms with Gasteiger partial charge in [-0.25, -0.2) is 13.2 Å². The van der Waals surface area contributed by atoms with E-state index < -0.39 is 27.8 Å². The second kappa shape index (κ2) is 6.26. The number of hydrogen-bond acceptors (Lipinski definition) is 4. The molecule has 0 aromatic heterocycles. The minimum Gasteiger partial charge on any atom is -0.480 e. The van der Waals surface area contributed by atoms with Crippen molar-refractivity contribution in [1.82, 2.24) is 5.32 Å². The van der Waals surface area contributed by atoms with Gasteiger partial charge in [-0.1, -0.05) is 19.9 Å². The number of hydrogen-bond donors (Lipinski definition) is 2. The number of sulfone groups is 1. The van der Waals surface area contributed by atoms with Crippen molar-refractivity contribution in [3.63, 3.8) is 0 Å².